The lowest BCUT2D eigenvalue weighted by Crippen LogP contribution is -2.42. The first-order valence-electron chi connectivity index (χ1n) is 7.50. The van der Waals surface area contributed by atoms with Gasteiger partial charge in [0.1, 0.15) is 0 Å². The summed E-state index contributed by atoms with van der Waals surface area (Å²) in [7, 11) is 1.70. The second-order valence-corrected chi connectivity index (χ2v) is 5.97. The highest BCUT2D eigenvalue weighted by Gasteiger charge is 2.18. The molecule has 1 atom stereocenters. The largest absolute Gasteiger partial charge is 0.343 e. The van der Waals surface area contributed by atoms with Crippen molar-refractivity contribution < 1.29 is 14.5 Å². The summed E-state index contributed by atoms with van der Waals surface area (Å²) in [5, 5.41) is 13.2. The van der Waals surface area contributed by atoms with E-state index in [0.29, 0.717) is 5.92 Å². The van der Waals surface area contributed by atoms with Crippen LogP contribution < -0.4 is 5.32 Å². The Morgan fingerprint density at radius 1 is 1.30 bits per heavy atom. The Bertz CT molecular complexity index is 586. The molecular weight excluding hydrogens is 298 g/mol. The number of hydrogen-bond acceptors (Lipinski definition) is 4. The molecule has 0 spiro atoms. The number of hydrogen-bond donors (Lipinski definition) is 1. The first-order chi connectivity index (χ1) is 10.7. The summed E-state index contributed by atoms with van der Waals surface area (Å²) in [5.41, 5.74) is -0.00321. The topological polar surface area (TPSA) is 92.6 Å². The summed E-state index contributed by atoms with van der Waals surface area (Å²) >= 11 is 0. The molecule has 7 heteroatoms. The van der Waals surface area contributed by atoms with Crippen LogP contribution in [0.3, 0.4) is 0 Å². The van der Waals surface area contributed by atoms with Crippen molar-refractivity contribution in [3.8, 4) is 0 Å². The van der Waals surface area contributed by atoms with Crippen molar-refractivity contribution in [3.05, 3.63) is 39.9 Å². The smallest absolute Gasteiger partial charge is 0.270 e. The van der Waals surface area contributed by atoms with Crippen LogP contribution in [0.25, 0.3) is 0 Å². The van der Waals surface area contributed by atoms with Crippen LogP contribution in [0, 0.1) is 16.0 Å². The number of likely N-dealkylation sites (N-methyl/N-ethyl adjacent to an activating group) is 1. The number of nitrogens with zero attached hydrogens (tertiary/aromatic N) is 2. The van der Waals surface area contributed by atoms with Gasteiger partial charge >= 0.3 is 0 Å². The van der Waals surface area contributed by atoms with Gasteiger partial charge in [-0.1, -0.05) is 19.9 Å². The van der Waals surface area contributed by atoms with Gasteiger partial charge in [-0.2, -0.15) is 0 Å². The van der Waals surface area contributed by atoms with Gasteiger partial charge in [0.25, 0.3) is 11.6 Å². The zero-order valence-corrected chi connectivity index (χ0v) is 13.9. The van der Waals surface area contributed by atoms with Gasteiger partial charge in [-0.15, -0.1) is 0 Å². The van der Waals surface area contributed by atoms with E-state index < -0.39 is 10.8 Å². The van der Waals surface area contributed by atoms with E-state index in [1.807, 2.05) is 6.92 Å². The Balaban J connectivity index is 2.60. The lowest BCUT2D eigenvalue weighted by molar-refractivity contribution is -0.384. The standard InChI is InChI=1S/C16H23N3O4/c1-11(2)8-12(3)18(4)15(20)10-17-16(21)13-6-5-7-14(9-13)19(22)23/h5-7,9,11-12H,8,10H2,1-4H3,(H,17,21). The first-order valence-corrected chi connectivity index (χ1v) is 7.50. The van der Waals surface area contributed by atoms with Gasteiger partial charge in [0.05, 0.1) is 11.5 Å². The Morgan fingerprint density at radius 3 is 2.52 bits per heavy atom. The Labute approximate surface area is 135 Å². The van der Waals surface area contributed by atoms with Crippen molar-refractivity contribution in [3.63, 3.8) is 0 Å². The van der Waals surface area contributed by atoms with E-state index in [-0.39, 0.29) is 29.7 Å². The average Bonchev–Trinajstić information content (AvgIpc) is 2.50. The molecule has 1 rings (SSSR count). The maximum absolute atomic E-state index is 12.1. The zero-order chi connectivity index (χ0) is 17.6. The van der Waals surface area contributed by atoms with Crippen LogP contribution in [0.4, 0.5) is 5.69 Å². The molecule has 2 amide bonds. The summed E-state index contributed by atoms with van der Waals surface area (Å²) in [5.74, 6) is -0.233. The third-order valence-electron chi connectivity index (χ3n) is 3.59. The number of benzene rings is 1. The fourth-order valence-corrected chi connectivity index (χ4v) is 2.23. The minimum absolute atomic E-state index is 0.0808. The Kier molecular flexibility index (Phi) is 6.68. The number of nitro groups is 1. The quantitative estimate of drug-likeness (QED) is 0.615. The fraction of sp³-hybridized carbons (Fsp3) is 0.500. The van der Waals surface area contributed by atoms with Crippen molar-refractivity contribution >= 4 is 17.5 Å². The van der Waals surface area contributed by atoms with Crippen molar-refractivity contribution in [2.45, 2.75) is 33.2 Å². The van der Waals surface area contributed by atoms with Crippen LogP contribution in [0.2, 0.25) is 0 Å². The molecule has 0 aliphatic rings. The van der Waals surface area contributed by atoms with E-state index in [1.54, 1.807) is 11.9 Å². The van der Waals surface area contributed by atoms with Gasteiger partial charge in [-0.25, -0.2) is 0 Å². The number of carbonyl (C=O) groups excluding carboxylic acids is 2. The number of non-ortho nitro benzene ring substituents is 1. The van der Waals surface area contributed by atoms with Crippen LogP contribution in [0.5, 0.6) is 0 Å². The molecule has 1 unspecified atom stereocenters. The summed E-state index contributed by atoms with van der Waals surface area (Å²) in [6.07, 6.45) is 0.876. The van der Waals surface area contributed by atoms with Gasteiger partial charge in [-0.3, -0.25) is 19.7 Å². The molecule has 0 saturated carbocycles. The second kappa shape index (κ2) is 8.26. The Morgan fingerprint density at radius 2 is 1.96 bits per heavy atom. The van der Waals surface area contributed by atoms with Crippen molar-refractivity contribution in [2.75, 3.05) is 13.6 Å². The SMILES string of the molecule is CC(C)CC(C)N(C)C(=O)CNC(=O)c1cccc([N+](=O)[O-])c1. The number of rotatable bonds is 7. The zero-order valence-electron chi connectivity index (χ0n) is 13.9. The minimum atomic E-state index is -0.566. The van der Waals surface area contributed by atoms with E-state index in [4.69, 9.17) is 0 Å². The highest BCUT2D eigenvalue weighted by atomic mass is 16.6. The van der Waals surface area contributed by atoms with Crippen LogP contribution in [0.1, 0.15) is 37.6 Å². The van der Waals surface area contributed by atoms with Crippen LogP contribution in [0.15, 0.2) is 24.3 Å². The van der Waals surface area contributed by atoms with Gasteiger partial charge < -0.3 is 10.2 Å². The molecule has 1 aromatic carbocycles. The monoisotopic (exact) mass is 321 g/mol. The molecule has 7 nitrogen and oxygen atoms in total. The number of nitro benzene ring substituents is 1. The molecule has 0 saturated heterocycles. The predicted octanol–water partition coefficient (Wildman–Crippen LogP) is 2.22. The van der Waals surface area contributed by atoms with E-state index >= 15 is 0 Å². The maximum Gasteiger partial charge on any atom is 0.270 e. The van der Waals surface area contributed by atoms with Crippen molar-refractivity contribution in [1.29, 1.82) is 0 Å². The molecule has 0 heterocycles. The molecular formula is C16H23N3O4. The van der Waals surface area contributed by atoms with Gasteiger partial charge in [0.15, 0.2) is 0 Å². The Hall–Kier alpha value is -2.44. The maximum atomic E-state index is 12.1. The highest BCUT2D eigenvalue weighted by molar-refractivity contribution is 5.96. The summed E-state index contributed by atoms with van der Waals surface area (Å²) in [6, 6.07) is 5.48. The predicted molar refractivity (Wildman–Crippen MR) is 87.1 cm³/mol. The van der Waals surface area contributed by atoms with E-state index in [9.17, 15) is 19.7 Å². The van der Waals surface area contributed by atoms with E-state index in [2.05, 4.69) is 19.2 Å². The van der Waals surface area contributed by atoms with Gasteiger partial charge in [0.2, 0.25) is 5.91 Å². The van der Waals surface area contributed by atoms with Crippen LogP contribution >= 0.6 is 0 Å². The number of carbonyl (C=O) groups is 2. The molecule has 0 bridgehead atoms. The molecule has 0 fully saturated rings. The third kappa shape index (κ3) is 5.69. The molecule has 1 aromatic rings. The summed E-state index contributed by atoms with van der Waals surface area (Å²) < 4.78 is 0. The summed E-state index contributed by atoms with van der Waals surface area (Å²) in [6.45, 7) is 5.98. The van der Waals surface area contributed by atoms with E-state index in [0.717, 1.165) is 6.42 Å². The van der Waals surface area contributed by atoms with Gasteiger partial charge in [-0.05, 0) is 25.3 Å². The third-order valence-corrected chi connectivity index (χ3v) is 3.59. The first kappa shape index (κ1) is 18.6. The highest BCUT2D eigenvalue weighted by Crippen LogP contribution is 2.13. The lowest BCUT2D eigenvalue weighted by atomic mass is 10.0. The second-order valence-electron chi connectivity index (χ2n) is 5.97. The number of nitrogens with one attached hydrogen (secondary N) is 1. The van der Waals surface area contributed by atoms with Crippen LogP contribution in [-0.2, 0) is 4.79 Å². The van der Waals surface area contributed by atoms with Crippen LogP contribution in [-0.4, -0.2) is 41.3 Å². The fourth-order valence-electron chi connectivity index (χ4n) is 2.23. The van der Waals surface area contributed by atoms with Gasteiger partial charge in [0, 0.05) is 30.8 Å². The lowest BCUT2D eigenvalue weighted by Gasteiger charge is -2.26. The molecule has 0 radical (unpaired) electrons. The minimum Gasteiger partial charge on any atom is -0.343 e. The van der Waals surface area contributed by atoms with Crippen molar-refractivity contribution in [2.24, 2.45) is 5.92 Å². The average molecular weight is 321 g/mol. The normalized spacial score (nSPS) is 11.9. The molecule has 126 valence electrons. The van der Waals surface area contributed by atoms with Crippen molar-refractivity contribution in [1.82, 2.24) is 10.2 Å². The molecule has 23 heavy (non-hydrogen) atoms. The molecule has 1 N–H and O–H groups in total. The number of amides is 2. The molecule has 0 aromatic heterocycles. The summed E-state index contributed by atoms with van der Waals surface area (Å²) in [4.78, 5) is 35.8. The van der Waals surface area contributed by atoms with E-state index in [1.165, 1.54) is 24.3 Å². The molecule has 0 aliphatic carbocycles. The molecule has 0 aliphatic heterocycles.